The molecule has 1 atom stereocenters. The van der Waals surface area contributed by atoms with E-state index in [-0.39, 0.29) is 11.9 Å². The minimum absolute atomic E-state index is 0.0780. The van der Waals surface area contributed by atoms with Crippen LogP contribution in [0.2, 0.25) is 0 Å². The number of amides is 1. The quantitative estimate of drug-likeness (QED) is 0.911. The van der Waals surface area contributed by atoms with E-state index in [1.165, 1.54) is 0 Å². The second-order valence-corrected chi connectivity index (χ2v) is 4.92. The van der Waals surface area contributed by atoms with E-state index in [0.29, 0.717) is 17.0 Å². The first-order valence-electron chi connectivity index (χ1n) is 6.79. The van der Waals surface area contributed by atoms with Crippen molar-refractivity contribution in [3.63, 3.8) is 0 Å². The highest BCUT2D eigenvalue weighted by atomic mass is 16.5. The first-order valence-corrected chi connectivity index (χ1v) is 6.79. The molecule has 1 saturated heterocycles. The molecule has 1 fully saturated rings. The molecule has 0 bridgehead atoms. The minimum atomic E-state index is -0.354. The summed E-state index contributed by atoms with van der Waals surface area (Å²) < 4.78 is 5.15. The van der Waals surface area contributed by atoms with Gasteiger partial charge in [-0.25, -0.2) is 0 Å². The highest BCUT2D eigenvalue weighted by Crippen LogP contribution is 2.23. The van der Waals surface area contributed by atoms with Crippen LogP contribution >= 0.6 is 0 Å². The van der Waals surface area contributed by atoms with Crippen molar-refractivity contribution in [1.29, 1.82) is 5.26 Å². The lowest BCUT2D eigenvalue weighted by Gasteiger charge is -2.22. The van der Waals surface area contributed by atoms with Crippen LogP contribution < -0.4 is 10.1 Å². The minimum Gasteiger partial charge on any atom is -0.497 e. The Morgan fingerprint density at radius 3 is 2.75 bits per heavy atom. The van der Waals surface area contributed by atoms with Gasteiger partial charge in [0.1, 0.15) is 17.9 Å². The molecule has 1 heterocycles. The molecule has 5 heteroatoms. The van der Waals surface area contributed by atoms with Gasteiger partial charge >= 0.3 is 0 Å². The lowest BCUT2D eigenvalue weighted by atomic mass is 10.1. The van der Waals surface area contributed by atoms with Gasteiger partial charge in [0.15, 0.2) is 0 Å². The predicted octanol–water partition coefficient (Wildman–Crippen LogP) is 1.99. The summed E-state index contributed by atoms with van der Waals surface area (Å²) in [6.07, 6.45) is 2.14. The van der Waals surface area contributed by atoms with Gasteiger partial charge in [0.25, 0.3) is 0 Å². The number of nitrogens with one attached hydrogen (secondary N) is 1. The van der Waals surface area contributed by atoms with Gasteiger partial charge in [-0.1, -0.05) is 0 Å². The van der Waals surface area contributed by atoms with Gasteiger partial charge in [-0.05, 0) is 31.9 Å². The Morgan fingerprint density at radius 2 is 2.15 bits per heavy atom. The van der Waals surface area contributed by atoms with E-state index < -0.39 is 0 Å². The Balaban J connectivity index is 2.12. The van der Waals surface area contributed by atoms with Crippen LogP contribution in [0.25, 0.3) is 0 Å². The monoisotopic (exact) mass is 273 g/mol. The SMILES string of the molecule is COc1ccc(C#N)c(NC(C)C(=O)N2CCCC2)c1. The smallest absolute Gasteiger partial charge is 0.244 e. The number of hydrogen-bond donors (Lipinski definition) is 1. The van der Waals surface area contributed by atoms with Gasteiger partial charge in [-0.3, -0.25) is 4.79 Å². The third-order valence-corrected chi connectivity index (χ3v) is 3.51. The lowest BCUT2D eigenvalue weighted by Crippen LogP contribution is -2.39. The molecule has 0 aromatic heterocycles. The molecule has 20 heavy (non-hydrogen) atoms. The van der Waals surface area contributed by atoms with E-state index in [9.17, 15) is 4.79 Å². The summed E-state index contributed by atoms with van der Waals surface area (Å²) in [4.78, 5) is 14.1. The molecule has 0 saturated carbocycles. The summed E-state index contributed by atoms with van der Waals surface area (Å²) in [6, 6.07) is 6.93. The molecule has 106 valence electrons. The van der Waals surface area contributed by atoms with E-state index in [4.69, 9.17) is 10.00 Å². The van der Waals surface area contributed by atoms with Crippen molar-refractivity contribution in [3.05, 3.63) is 23.8 Å². The van der Waals surface area contributed by atoms with E-state index >= 15 is 0 Å². The molecule has 0 aliphatic carbocycles. The van der Waals surface area contributed by atoms with Crippen LogP contribution in [-0.2, 0) is 4.79 Å². The Hall–Kier alpha value is -2.22. The van der Waals surface area contributed by atoms with Gasteiger partial charge < -0.3 is 15.0 Å². The van der Waals surface area contributed by atoms with Gasteiger partial charge in [-0.2, -0.15) is 5.26 Å². The standard InChI is InChI=1S/C15H19N3O2/c1-11(15(19)18-7-3-4-8-18)17-14-9-13(20-2)6-5-12(14)10-16/h5-6,9,11,17H,3-4,7-8H2,1-2H3. The fourth-order valence-electron chi connectivity index (χ4n) is 2.37. The number of rotatable bonds is 4. The van der Waals surface area contributed by atoms with Crippen molar-refractivity contribution >= 4 is 11.6 Å². The number of carbonyl (C=O) groups excluding carboxylic acids is 1. The summed E-state index contributed by atoms with van der Waals surface area (Å²) in [5.74, 6) is 0.738. The average Bonchev–Trinajstić information content (AvgIpc) is 3.00. The van der Waals surface area contributed by atoms with Crippen LogP contribution in [-0.4, -0.2) is 37.0 Å². The van der Waals surface area contributed by atoms with E-state index in [1.54, 1.807) is 25.3 Å². The van der Waals surface area contributed by atoms with E-state index in [1.807, 2.05) is 11.8 Å². The summed E-state index contributed by atoms with van der Waals surface area (Å²) in [5.41, 5.74) is 1.14. The van der Waals surface area contributed by atoms with Crippen LogP contribution in [0.4, 0.5) is 5.69 Å². The van der Waals surface area contributed by atoms with Gasteiger partial charge in [0, 0.05) is 19.2 Å². The molecule has 1 unspecified atom stereocenters. The number of nitrogens with zero attached hydrogens (tertiary/aromatic N) is 2. The molecular formula is C15H19N3O2. The molecule has 1 aromatic rings. The first kappa shape index (κ1) is 14.2. The summed E-state index contributed by atoms with van der Waals surface area (Å²) in [6.45, 7) is 3.48. The average molecular weight is 273 g/mol. The number of carbonyl (C=O) groups is 1. The fourth-order valence-corrected chi connectivity index (χ4v) is 2.37. The Kier molecular flexibility index (Phi) is 4.46. The highest BCUT2D eigenvalue weighted by molar-refractivity contribution is 5.85. The van der Waals surface area contributed by atoms with Crippen molar-refractivity contribution in [3.8, 4) is 11.8 Å². The van der Waals surface area contributed by atoms with Crippen molar-refractivity contribution in [2.75, 3.05) is 25.5 Å². The number of methoxy groups -OCH3 is 1. The Bertz CT molecular complexity index is 530. The van der Waals surface area contributed by atoms with Crippen molar-refractivity contribution < 1.29 is 9.53 Å². The van der Waals surface area contributed by atoms with Gasteiger partial charge in [0.2, 0.25) is 5.91 Å². The topological polar surface area (TPSA) is 65.4 Å². The van der Waals surface area contributed by atoms with Crippen molar-refractivity contribution in [2.24, 2.45) is 0 Å². The third kappa shape index (κ3) is 3.02. The van der Waals surface area contributed by atoms with Crippen LogP contribution in [0, 0.1) is 11.3 Å². The maximum absolute atomic E-state index is 12.3. The zero-order valence-electron chi connectivity index (χ0n) is 11.8. The molecule has 1 aromatic carbocycles. The molecular weight excluding hydrogens is 254 g/mol. The third-order valence-electron chi connectivity index (χ3n) is 3.51. The maximum atomic E-state index is 12.3. The van der Waals surface area contributed by atoms with Crippen molar-refractivity contribution in [1.82, 2.24) is 4.90 Å². The van der Waals surface area contributed by atoms with Crippen LogP contribution in [0.5, 0.6) is 5.75 Å². The molecule has 0 radical (unpaired) electrons. The Morgan fingerprint density at radius 1 is 1.45 bits per heavy atom. The second kappa shape index (κ2) is 6.29. The van der Waals surface area contributed by atoms with Gasteiger partial charge in [0.05, 0.1) is 18.4 Å². The summed E-state index contributed by atoms with van der Waals surface area (Å²) in [5, 5.41) is 12.2. The summed E-state index contributed by atoms with van der Waals surface area (Å²) in [7, 11) is 1.57. The zero-order chi connectivity index (χ0) is 14.5. The number of anilines is 1. The van der Waals surface area contributed by atoms with E-state index in [0.717, 1.165) is 25.9 Å². The van der Waals surface area contributed by atoms with Gasteiger partial charge in [-0.15, -0.1) is 0 Å². The van der Waals surface area contributed by atoms with Crippen LogP contribution in [0.1, 0.15) is 25.3 Å². The predicted molar refractivity (Wildman–Crippen MR) is 76.6 cm³/mol. The van der Waals surface area contributed by atoms with E-state index in [2.05, 4.69) is 11.4 Å². The number of benzene rings is 1. The normalized spacial score (nSPS) is 15.6. The largest absolute Gasteiger partial charge is 0.497 e. The fraction of sp³-hybridized carbons (Fsp3) is 0.467. The first-order chi connectivity index (χ1) is 9.65. The Labute approximate surface area is 119 Å². The molecule has 1 N–H and O–H groups in total. The van der Waals surface area contributed by atoms with Crippen molar-refractivity contribution in [2.45, 2.75) is 25.8 Å². The molecule has 1 amide bonds. The van der Waals surface area contributed by atoms with Crippen LogP contribution in [0.15, 0.2) is 18.2 Å². The molecule has 5 nitrogen and oxygen atoms in total. The molecule has 0 spiro atoms. The number of ether oxygens (including phenoxy) is 1. The lowest BCUT2D eigenvalue weighted by molar-refractivity contribution is -0.130. The number of nitriles is 1. The molecule has 1 aliphatic rings. The summed E-state index contributed by atoms with van der Waals surface area (Å²) >= 11 is 0. The second-order valence-electron chi connectivity index (χ2n) is 4.92. The number of likely N-dealkylation sites (tertiary alicyclic amines) is 1. The maximum Gasteiger partial charge on any atom is 0.244 e. The zero-order valence-corrected chi connectivity index (χ0v) is 11.8. The molecule has 1 aliphatic heterocycles. The number of hydrogen-bond acceptors (Lipinski definition) is 4. The highest BCUT2D eigenvalue weighted by Gasteiger charge is 2.23. The molecule has 2 rings (SSSR count). The van der Waals surface area contributed by atoms with Crippen LogP contribution in [0.3, 0.4) is 0 Å².